The molecule has 0 saturated carbocycles. The van der Waals surface area contributed by atoms with Gasteiger partial charge >= 0.3 is 6.03 Å². The molecule has 5 nitrogen and oxygen atoms in total. The highest BCUT2D eigenvalue weighted by atomic mass is 35.5. The average molecular weight is 309 g/mol. The van der Waals surface area contributed by atoms with Crippen molar-refractivity contribution in [1.82, 2.24) is 10.3 Å². The lowest BCUT2D eigenvalue weighted by Gasteiger charge is -2.14. The molecule has 0 unspecified atom stereocenters. The van der Waals surface area contributed by atoms with Crippen LogP contribution < -0.4 is 15.5 Å². The van der Waals surface area contributed by atoms with Gasteiger partial charge in [-0.3, -0.25) is 4.90 Å². The van der Waals surface area contributed by atoms with Gasteiger partial charge in [-0.25, -0.2) is 9.78 Å². The maximum Gasteiger partial charge on any atom is 0.321 e. The van der Waals surface area contributed by atoms with Gasteiger partial charge in [0.2, 0.25) is 0 Å². The molecular formula is C13H13ClN4OS. The monoisotopic (exact) mass is 308 g/mol. The van der Waals surface area contributed by atoms with E-state index in [1.54, 1.807) is 11.1 Å². The Bertz CT molecular complexity index is 613. The second-order valence-electron chi connectivity index (χ2n) is 4.34. The fourth-order valence-corrected chi connectivity index (χ4v) is 2.92. The van der Waals surface area contributed by atoms with Crippen LogP contribution in [0.5, 0.6) is 0 Å². The summed E-state index contributed by atoms with van der Waals surface area (Å²) in [5.74, 6) is 0. The van der Waals surface area contributed by atoms with Crippen molar-refractivity contribution in [1.29, 1.82) is 0 Å². The number of carbonyl (C=O) groups is 1. The summed E-state index contributed by atoms with van der Waals surface area (Å²) in [6, 6.07) is 7.74. The topological polar surface area (TPSA) is 57.3 Å². The third-order valence-electron chi connectivity index (χ3n) is 3.00. The minimum atomic E-state index is -0.0388. The van der Waals surface area contributed by atoms with Crippen LogP contribution in [0.15, 0.2) is 30.5 Å². The van der Waals surface area contributed by atoms with Crippen molar-refractivity contribution in [3.05, 3.63) is 39.8 Å². The maximum atomic E-state index is 11.6. The van der Waals surface area contributed by atoms with Gasteiger partial charge in [-0.15, -0.1) is 11.3 Å². The minimum absolute atomic E-state index is 0.0388. The third-order valence-corrected chi connectivity index (χ3v) is 4.12. The average Bonchev–Trinajstić information content (AvgIpc) is 3.06. The van der Waals surface area contributed by atoms with E-state index in [4.69, 9.17) is 11.6 Å². The summed E-state index contributed by atoms with van der Waals surface area (Å²) in [7, 11) is 0. The Labute approximate surface area is 125 Å². The number of amides is 2. The number of nitrogens with one attached hydrogen (secondary N) is 2. The summed E-state index contributed by atoms with van der Waals surface area (Å²) in [4.78, 5) is 17.5. The second kappa shape index (κ2) is 5.68. The molecule has 1 aliphatic rings. The van der Waals surface area contributed by atoms with Gasteiger partial charge < -0.3 is 10.6 Å². The van der Waals surface area contributed by atoms with Gasteiger partial charge in [-0.1, -0.05) is 11.6 Å². The molecule has 1 aromatic carbocycles. The Kier molecular flexibility index (Phi) is 3.75. The zero-order valence-electron chi connectivity index (χ0n) is 10.6. The zero-order chi connectivity index (χ0) is 13.9. The van der Waals surface area contributed by atoms with Gasteiger partial charge in [0, 0.05) is 24.5 Å². The van der Waals surface area contributed by atoms with Crippen molar-refractivity contribution in [2.24, 2.45) is 0 Å². The standard InChI is InChI=1S/C13H13ClN4OS/c14-11-7-17-12(20-11)8-16-9-1-3-10(4-2-9)18-6-5-15-13(18)19/h1-4,7,16H,5-6,8H2,(H,15,19). The molecule has 104 valence electrons. The molecule has 0 radical (unpaired) electrons. The van der Waals surface area contributed by atoms with Crippen LogP contribution in [0.2, 0.25) is 4.34 Å². The van der Waals surface area contributed by atoms with E-state index >= 15 is 0 Å². The molecule has 3 rings (SSSR count). The Morgan fingerprint density at radius 3 is 2.80 bits per heavy atom. The number of aromatic nitrogens is 1. The van der Waals surface area contributed by atoms with Gasteiger partial charge in [0.25, 0.3) is 0 Å². The molecule has 2 aromatic rings. The van der Waals surface area contributed by atoms with Gasteiger partial charge in [0.05, 0.1) is 12.7 Å². The summed E-state index contributed by atoms with van der Waals surface area (Å²) in [5.41, 5.74) is 1.89. The minimum Gasteiger partial charge on any atom is -0.379 e. The molecule has 1 fully saturated rings. The number of carbonyl (C=O) groups excluding carboxylic acids is 1. The van der Waals surface area contributed by atoms with Crippen LogP contribution in [0.1, 0.15) is 5.01 Å². The normalized spacial score (nSPS) is 14.4. The lowest BCUT2D eigenvalue weighted by molar-refractivity contribution is 0.252. The number of rotatable bonds is 4. The molecule has 1 aromatic heterocycles. The highest BCUT2D eigenvalue weighted by Crippen LogP contribution is 2.22. The number of halogens is 1. The van der Waals surface area contributed by atoms with Gasteiger partial charge in [-0.05, 0) is 24.3 Å². The number of hydrogen-bond donors (Lipinski definition) is 2. The lowest BCUT2D eigenvalue weighted by atomic mass is 10.2. The van der Waals surface area contributed by atoms with Crippen LogP contribution in [0.4, 0.5) is 16.2 Å². The molecular weight excluding hydrogens is 296 g/mol. The summed E-state index contributed by atoms with van der Waals surface area (Å²) >= 11 is 7.30. The molecule has 0 atom stereocenters. The molecule has 1 saturated heterocycles. The third kappa shape index (κ3) is 2.86. The van der Waals surface area contributed by atoms with Crippen LogP contribution in [0.3, 0.4) is 0 Å². The predicted octanol–water partition coefficient (Wildman–Crippen LogP) is 2.94. The molecule has 7 heteroatoms. The maximum absolute atomic E-state index is 11.6. The van der Waals surface area contributed by atoms with E-state index in [2.05, 4.69) is 15.6 Å². The summed E-state index contributed by atoms with van der Waals surface area (Å²) < 4.78 is 0.692. The number of anilines is 2. The van der Waals surface area contributed by atoms with Gasteiger partial charge in [0.1, 0.15) is 9.34 Å². The van der Waals surface area contributed by atoms with E-state index in [9.17, 15) is 4.79 Å². The van der Waals surface area contributed by atoms with Crippen molar-refractivity contribution >= 4 is 40.3 Å². The number of hydrogen-bond acceptors (Lipinski definition) is 4. The Morgan fingerprint density at radius 2 is 2.20 bits per heavy atom. The van der Waals surface area contributed by atoms with E-state index in [0.29, 0.717) is 24.0 Å². The number of nitrogens with zero attached hydrogens (tertiary/aromatic N) is 2. The number of urea groups is 1. The first kappa shape index (κ1) is 13.2. The summed E-state index contributed by atoms with van der Waals surface area (Å²) in [5, 5.41) is 7.00. The molecule has 20 heavy (non-hydrogen) atoms. The van der Waals surface area contributed by atoms with E-state index in [0.717, 1.165) is 16.4 Å². The Hall–Kier alpha value is -1.79. The van der Waals surface area contributed by atoms with Crippen LogP contribution in [-0.2, 0) is 6.54 Å². The summed E-state index contributed by atoms with van der Waals surface area (Å²) in [6.07, 6.45) is 1.65. The highest BCUT2D eigenvalue weighted by molar-refractivity contribution is 7.15. The Balaban J connectivity index is 1.62. The molecule has 0 aliphatic carbocycles. The van der Waals surface area contributed by atoms with Crippen LogP contribution in [0, 0.1) is 0 Å². The van der Waals surface area contributed by atoms with E-state index < -0.39 is 0 Å². The molecule has 1 aliphatic heterocycles. The smallest absolute Gasteiger partial charge is 0.321 e. The fraction of sp³-hybridized carbons (Fsp3) is 0.231. The SMILES string of the molecule is O=C1NCCN1c1ccc(NCc2ncc(Cl)s2)cc1. The van der Waals surface area contributed by atoms with Crippen LogP contribution in [-0.4, -0.2) is 24.1 Å². The van der Waals surface area contributed by atoms with Crippen molar-refractivity contribution < 1.29 is 4.79 Å². The fourth-order valence-electron chi connectivity index (χ4n) is 2.02. The van der Waals surface area contributed by atoms with Gasteiger partial charge in [-0.2, -0.15) is 0 Å². The van der Waals surface area contributed by atoms with Crippen molar-refractivity contribution in [3.8, 4) is 0 Å². The molecule has 2 N–H and O–H groups in total. The van der Waals surface area contributed by atoms with Crippen molar-refractivity contribution in [2.75, 3.05) is 23.3 Å². The molecule has 0 spiro atoms. The van der Waals surface area contributed by atoms with Gasteiger partial charge in [0.15, 0.2) is 0 Å². The molecule has 0 bridgehead atoms. The van der Waals surface area contributed by atoms with E-state index in [1.807, 2.05) is 24.3 Å². The number of benzene rings is 1. The lowest BCUT2D eigenvalue weighted by Crippen LogP contribution is -2.27. The highest BCUT2D eigenvalue weighted by Gasteiger charge is 2.20. The first-order valence-corrected chi connectivity index (χ1v) is 7.41. The largest absolute Gasteiger partial charge is 0.379 e. The van der Waals surface area contributed by atoms with Crippen molar-refractivity contribution in [2.45, 2.75) is 6.54 Å². The van der Waals surface area contributed by atoms with E-state index in [-0.39, 0.29) is 6.03 Å². The first-order chi connectivity index (χ1) is 9.72. The quantitative estimate of drug-likeness (QED) is 0.913. The van der Waals surface area contributed by atoms with Crippen LogP contribution in [0.25, 0.3) is 0 Å². The van der Waals surface area contributed by atoms with E-state index in [1.165, 1.54) is 11.3 Å². The predicted molar refractivity (Wildman–Crippen MR) is 81.6 cm³/mol. The van der Waals surface area contributed by atoms with Crippen molar-refractivity contribution in [3.63, 3.8) is 0 Å². The summed E-state index contributed by atoms with van der Waals surface area (Å²) in [6.45, 7) is 2.05. The Morgan fingerprint density at radius 1 is 1.40 bits per heavy atom. The zero-order valence-corrected chi connectivity index (χ0v) is 12.2. The molecule has 2 heterocycles. The number of thiazole rings is 1. The van der Waals surface area contributed by atoms with Crippen LogP contribution >= 0.6 is 22.9 Å². The second-order valence-corrected chi connectivity index (χ2v) is 6.09. The first-order valence-electron chi connectivity index (χ1n) is 6.22. The molecule has 2 amide bonds.